The minimum atomic E-state index is -2.33. The van der Waals surface area contributed by atoms with Crippen LogP contribution in [0.5, 0.6) is 0 Å². The molecule has 1 N–H and O–H groups in total. The Balaban J connectivity index is -0.0000000733. The first kappa shape index (κ1) is 24.2. The van der Waals surface area contributed by atoms with E-state index in [0.29, 0.717) is 0 Å². The van der Waals surface area contributed by atoms with Crippen molar-refractivity contribution >= 4 is 12.1 Å². The molecule has 0 heterocycles. The molecule has 0 aliphatic rings. The van der Waals surface area contributed by atoms with E-state index in [1.807, 2.05) is 6.92 Å². The van der Waals surface area contributed by atoms with Gasteiger partial charge in [-0.15, -0.1) is 0 Å². The van der Waals surface area contributed by atoms with Crippen molar-refractivity contribution in [3.63, 3.8) is 0 Å². The summed E-state index contributed by atoms with van der Waals surface area (Å²) in [4.78, 5) is 18.1. The standard InChI is InChI=1S/C6H8O2.CH2O3.K.Na/c1-2-3-4-5-6(7)8;2-1(3)4;;/h2-5H,1H3,(H,7,8);(H2,2,3,4);;/q;;2*+1/p-2/b3-2+,5-4+;;;. The van der Waals surface area contributed by atoms with Crippen molar-refractivity contribution in [3.05, 3.63) is 24.3 Å². The maximum atomic E-state index is 9.75. The van der Waals surface area contributed by atoms with Crippen LogP contribution in [0, 0.1) is 0 Å². The number of hydrogen-bond acceptors (Lipinski definition) is 4. The van der Waals surface area contributed by atoms with Gasteiger partial charge in [0.15, 0.2) is 0 Å². The first-order valence-corrected chi connectivity index (χ1v) is 2.91. The van der Waals surface area contributed by atoms with Gasteiger partial charge in [-0.3, -0.25) is 0 Å². The van der Waals surface area contributed by atoms with Crippen LogP contribution in [-0.2, 0) is 4.79 Å². The third kappa shape index (κ3) is 52.7. The summed E-state index contributed by atoms with van der Waals surface area (Å²) in [5.41, 5.74) is 0. The number of allylic oxidation sites excluding steroid dienone is 3. The van der Waals surface area contributed by atoms with Crippen molar-refractivity contribution < 1.29 is 106 Å². The Morgan fingerprint density at radius 2 is 1.57 bits per heavy atom. The number of aliphatic carboxylic acids is 1. The molecule has 14 heavy (non-hydrogen) atoms. The van der Waals surface area contributed by atoms with Crippen LogP contribution < -0.4 is 91.2 Å². The van der Waals surface area contributed by atoms with Crippen molar-refractivity contribution in [1.82, 2.24) is 0 Å². The van der Waals surface area contributed by atoms with Gasteiger partial charge in [-0.2, -0.15) is 0 Å². The van der Waals surface area contributed by atoms with Crippen LogP contribution in [0.25, 0.3) is 0 Å². The topological polar surface area (TPSA) is 100 Å². The van der Waals surface area contributed by atoms with Gasteiger partial charge in [0.2, 0.25) is 0 Å². The van der Waals surface area contributed by atoms with Gasteiger partial charge in [0.25, 0.3) is 0 Å². The summed E-state index contributed by atoms with van der Waals surface area (Å²) < 4.78 is 0. The first-order valence-electron chi connectivity index (χ1n) is 2.91. The van der Waals surface area contributed by atoms with E-state index < -0.39 is 12.1 Å². The molecule has 0 fully saturated rings. The van der Waals surface area contributed by atoms with Crippen molar-refractivity contribution in [2.24, 2.45) is 0 Å². The second kappa shape index (κ2) is 19.4. The molecule has 0 amide bonds. The fourth-order valence-electron chi connectivity index (χ4n) is 0.249. The second-order valence-electron chi connectivity index (χ2n) is 1.47. The van der Waals surface area contributed by atoms with Gasteiger partial charge >= 0.3 is 86.9 Å². The largest absolute Gasteiger partial charge is 1.00 e. The molecule has 0 aliphatic carbocycles. The maximum absolute atomic E-state index is 9.75. The molecule has 5 nitrogen and oxygen atoms in total. The molecule has 0 aliphatic heterocycles. The minimum Gasteiger partial charge on any atom is -0.652 e. The Kier molecular flexibility index (Phi) is 33.6. The third-order valence-corrected chi connectivity index (χ3v) is 0.542. The summed E-state index contributed by atoms with van der Waals surface area (Å²) in [6, 6.07) is 0. The van der Waals surface area contributed by atoms with Crippen LogP contribution in [0.15, 0.2) is 24.3 Å². The number of hydrogen-bond donors (Lipinski definition) is 1. The zero-order valence-electron chi connectivity index (χ0n) is 8.39. The van der Waals surface area contributed by atoms with Crippen LogP contribution in [0.1, 0.15) is 6.92 Å². The number of carbonyl (C=O) groups is 2. The summed E-state index contributed by atoms with van der Waals surface area (Å²) in [5.74, 6) is -0.914. The molecule has 0 aromatic rings. The van der Waals surface area contributed by atoms with Gasteiger partial charge in [-0.05, 0) is 13.1 Å². The monoisotopic (exact) mass is 234 g/mol. The molecule has 0 saturated heterocycles. The van der Waals surface area contributed by atoms with E-state index in [4.69, 9.17) is 20.1 Å². The average Bonchev–Trinajstić information content (AvgIpc) is 1.86. The summed E-state index contributed by atoms with van der Waals surface area (Å²) in [7, 11) is 0. The molecule has 0 atom stereocenters. The number of carbonyl (C=O) groups excluding carboxylic acids is 1. The van der Waals surface area contributed by atoms with Gasteiger partial charge in [0.05, 0.1) is 0 Å². The van der Waals surface area contributed by atoms with Crippen LogP contribution in [0.2, 0.25) is 0 Å². The molecular weight excluding hydrogens is 226 g/mol. The van der Waals surface area contributed by atoms with E-state index in [1.165, 1.54) is 6.08 Å². The summed E-state index contributed by atoms with van der Waals surface area (Å²) >= 11 is 0. The van der Waals surface area contributed by atoms with Crippen molar-refractivity contribution in [2.75, 3.05) is 0 Å². The van der Waals surface area contributed by atoms with Gasteiger partial charge in [-0.1, -0.05) is 18.2 Å². The Bertz CT molecular complexity index is 198. The van der Waals surface area contributed by atoms with E-state index in [1.54, 1.807) is 12.2 Å². The van der Waals surface area contributed by atoms with E-state index in [-0.39, 0.29) is 80.9 Å². The molecular formula is C7H8KNaO5. The predicted molar refractivity (Wildman–Crippen MR) is 37.0 cm³/mol. The minimum absolute atomic E-state index is 0. The van der Waals surface area contributed by atoms with E-state index >= 15 is 0 Å². The SMILES string of the molecule is C/C=C/C=C/C(=O)O.O=C([O-])[O-].[K+].[Na+]. The zero-order valence-corrected chi connectivity index (χ0v) is 13.5. The summed E-state index contributed by atoms with van der Waals surface area (Å²) in [5, 5.41) is 24.7. The average molecular weight is 234 g/mol. The first-order chi connectivity index (χ1) is 5.50. The second-order valence-corrected chi connectivity index (χ2v) is 1.47. The molecule has 0 unspecified atom stereocenters. The van der Waals surface area contributed by atoms with Gasteiger partial charge < -0.3 is 20.1 Å². The number of rotatable bonds is 2. The Hall–Kier alpha value is 0.856. The van der Waals surface area contributed by atoms with Gasteiger partial charge in [0.1, 0.15) is 0 Å². The molecule has 7 heteroatoms. The van der Waals surface area contributed by atoms with Crippen LogP contribution >= 0.6 is 0 Å². The maximum Gasteiger partial charge on any atom is 1.00 e. The summed E-state index contributed by atoms with van der Waals surface area (Å²) in [6.07, 6.45) is 3.65. The van der Waals surface area contributed by atoms with Crippen molar-refractivity contribution in [3.8, 4) is 0 Å². The van der Waals surface area contributed by atoms with Gasteiger partial charge in [-0.25, -0.2) is 4.79 Å². The number of carboxylic acids is 1. The molecule has 0 aromatic carbocycles. The smallest absolute Gasteiger partial charge is 0.652 e. The molecule has 0 saturated carbocycles. The molecule has 0 radical (unpaired) electrons. The predicted octanol–water partition coefficient (Wildman–Crippen LogP) is -7.24. The molecule has 0 bridgehead atoms. The molecule has 0 aromatic heterocycles. The zero-order chi connectivity index (χ0) is 9.98. The Morgan fingerprint density at radius 3 is 1.79 bits per heavy atom. The van der Waals surface area contributed by atoms with Crippen molar-refractivity contribution in [1.29, 1.82) is 0 Å². The normalized spacial score (nSPS) is 8.07. The summed E-state index contributed by atoms with van der Waals surface area (Å²) in [6.45, 7) is 1.83. The third-order valence-electron chi connectivity index (χ3n) is 0.542. The van der Waals surface area contributed by atoms with Crippen molar-refractivity contribution in [2.45, 2.75) is 6.92 Å². The van der Waals surface area contributed by atoms with E-state index in [0.717, 1.165) is 6.08 Å². The fourth-order valence-corrected chi connectivity index (χ4v) is 0.249. The molecule has 0 spiro atoms. The van der Waals surface area contributed by atoms with E-state index in [9.17, 15) is 4.79 Å². The van der Waals surface area contributed by atoms with Crippen LogP contribution in [0.4, 0.5) is 4.79 Å². The number of carboxylic acid groups (broad SMARTS) is 3. The van der Waals surface area contributed by atoms with Crippen LogP contribution in [-0.4, -0.2) is 17.2 Å². The Morgan fingerprint density at radius 1 is 1.21 bits per heavy atom. The van der Waals surface area contributed by atoms with E-state index in [2.05, 4.69) is 0 Å². The fraction of sp³-hybridized carbons (Fsp3) is 0.143. The molecule has 0 rings (SSSR count). The Labute approximate surface area is 147 Å². The quantitative estimate of drug-likeness (QED) is 0.290. The van der Waals surface area contributed by atoms with Crippen LogP contribution in [0.3, 0.4) is 0 Å². The van der Waals surface area contributed by atoms with Gasteiger partial charge in [0, 0.05) is 6.08 Å². The molecule has 68 valence electrons.